The Balaban J connectivity index is 1.68. The zero-order chi connectivity index (χ0) is 20.4. The van der Waals surface area contributed by atoms with Crippen LogP contribution in [0.4, 0.5) is 17.2 Å². The Hall–Kier alpha value is -3.25. The molecule has 0 saturated carbocycles. The quantitative estimate of drug-likeness (QED) is 0.418. The van der Waals surface area contributed by atoms with Crippen molar-refractivity contribution >= 4 is 44.7 Å². The number of carbonyl (C=O) groups is 1. The molecule has 0 spiro atoms. The first-order valence-corrected chi connectivity index (χ1v) is 10.4. The Labute approximate surface area is 173 Å². The summed E-state index contributed by atoms with van der Waals surface area (Å²) in [6, 6.07) is 16.3. The molecular weight excluding hydrogens is 380 g/mol. The molecule has 0 unspecified atom stereocenters. The van der Waals surface area contributed by atoms with Gasteiger partial charge in [0.15, 0.2) is 0 Å². The van der Waals surface area contributed by atoms with E-state index in [-0.39, 0.29) is 5.91 Å². The normalized spacial score (nSPS) is 11.0. The van der Waals surface area contributed by atoms with Gasteiger partial charge in [0, 0.05) is 29.2 Å². The van der Waals surface area contributed by atoms with Gasteiger partial charge < -0.3 is 10.6 Å². The van der Waals surface area contributed by atoms with Gasteiger partial charge in [0.25, 0.3) is 0 Å². The van der Waals surface area contributed by atoms with E-state index in [4.69, 9.17) is 0 Å². The van der Waals surface area contributed by atoms with Crippen LogP contribution in [0.25, 0.3) is 21.3 Å². The van der Waals surface area contributed by atoms with Gasteiger partial charge in [0.1, 0.15) is 17.0 Å². The van der Waals surface area contributed by atoms with Crippen LogP contribution < -0.4 is 10.6 Å². The molecule has 0 bridgehead atoms. The summed E-state index contributed by atoms with van der Waals surface area (Å²) in [5.41, 5.74) is 5.25. The summed E-state index contributed by atoms with van der Waals surface area (Å²) >= 11 is 1.61. The Morgan fingerprint density at radius 2 is 1.66 bits per heavy atom. The maximum absolute atomic E-state index is 11.2. The lowest BCUT2D eigenvalue weighted by Gasteiger charge is -2.10. The molecule has 0 fully saturated rings. The first-order valence-electron chi connectivity index (χ1n) is 9.48. The highest BCUT2D eigenvalue weighted by Crippen LogP contribution is 2.37. The number of amides is 1. The summed E-state index contributed by atoms with van der Waals surface area (Å²) in [6.45, 7) is 5.89. The minimum absolute atomic E-state index is 0.0883. The van der Waals surface area contributed by atoms with E-state index in [1.165, 1.54) is 12.5 Å². The van der Waals surface area contributed by atoms with E-state index in [0.717, 1.165) is 38.5 Å². The van der Waals surface area contributed by atoms with E-state index in [9.17, 15) is 4.79 Å². The summed E-state index contributed by atoms with van der Waals surface area (Å²) < 4.78 is 0. The molecule has 29 heavy (non-hydrogen) atoms. The second kappa shape index (κ2) is 8.01. The Kier molecular flexibility index (Phi) is 5.27. The number of nitrogens with one attached hydrogen (secondary N) is 2. The molecule has 0 aliphatic heterocycles. The number of hydrogen-bond acceptors (Lipinski definition) is 5. The summed E-state index contributed by atoms with van der Waals surface area (Å²) in [5.74, 6) is 1.19. The van der Waals surface area contributed by atoms with Crippen molar-refractivity contribution < 1.29 is 4.79 Å². The maximum Gasteiger partial charge on any atom is 0.221 e. The van der Waals surface area contributed by atoms with Gasteiger partial charge in [-0.2, -0.15) is 0 Å². The van der Waals surface area contributed by atoms with Crippen molar-refractivity contribution in [3.05, 3.63) is 65.8 Å². The molecule has 2 N–H and O–H groups in total. The van der Waals surface area contributed by atoms with Crippen molar-refractivity contribution in [2.75, 3.05) is 10.6 Å². The monoisotopic (exact) mass is 402 g/mol. The molecule has 0 saturated heterocycles. The van der Waals surface area contributed by atoms with E-state index in [1.54, 1.807) is 17.7 Å². The van der Waals surface area contributed by atoms with Crippen LogP contribution in [0.15, 0.2) is 60.2 Å². The SMILES string of the molecule is CC(=O)Nc1ccc(Nc2ncnc3scc(-c4ccc(C(C)C)cc4)c23)cc1. The summed E-state index contributed by atoms with van der Waals surface area (Å²) in [7, 11) is 0. The number of benzene rings is 2. The number of rotatable bonds is 5. The third kappa shape index (κ3) is 4.12. The van der Waals surface area contributed by atoms with E-state index in [0.29, 0.717) is 5.92 Å². The molecular formula is C23H22N4OS. The fraction of sp³-hybridized carbons (Fsp3) is 0.174. The fourth-order valence-corrected chi connectivity index (χ4v) is 4.12. The molecule has 4 rings (SSSR count). The number of nitrogens with zero attached hydrogens (tertiary/aromatic N) is 2. The van der Waals surface area contributed by atoms with Gasteiger partial charge in [-0.25, -0.2) is 9.97 Å². The molecule has 2 aromatic heterocycles. The highest BCUT2D eigenvalue weighted by molar-refractivity contribution is 7.17. The number of aromatic nitrogens is 2. The van der Waals surface area contributed by atoms with Crippen LogP contribution in [0.5, 0.6) is 0 Å². The average molecular weight is 403 g/mol. The number of thiophene rings is 1. The van der Waals surface area contributed by atoms with Gasteiger partial charge in [0.05, 0.1) is 5.39 Å². The Morgan fingerprint density at radius 3 is 2.31 bits per heavy atom. The number of hydrogen-bond donors (Lipinski definition) is 2. The molecule has 0 radical (unpaired) electrons. The van der Waals surface area contributed by atoms with E-state index >= 15 is 0 Å². The summed E-state index contributed by atoms with van der Waals surface area (Å²) in [6.07, 6.45) is 1.58. The van der Waals surface area contributed by atoms with Gasteiger partial charge in [0.2, 0.25) is 5.91 Å². The predicted molar refractivity (Wildman–Crippen MR) is 121 cm³/mol. The second-order valence-electron chi connectivity index (χ2n) is 7.21. The molecule has 6 heteroatoms. The van der Waals surface area contributed by atoms with Crippen molar-refractivity contribution in [1.29, 1.82) is 0 Å². The third-order valence-electron chi connectivity index (χ3n) is 4.73. The minimum Gasteiger partial charge on any atom is -0.340 e. The van der Waals surface area contributed by atoms with E-state index < -0.39 is 0 Å². The highest BCUT2D eigenvalue weighted by Gasteiger charge is 2.14. The first-order chi connectivity index (χ1) is 14.0. The Bertz CT molecular complexity index is 1150. The number of carbonyl (C=O) groups excluding carboxylic acids is 1. The van der Waals surface area contributed by atoms with Crippen LogP contribution in [0.1, 0.15) is 32.3 Å². The van der Waals surface area contributed by atoms with Crippen molar-refractivity contribution in [2.24, 2.45) is 0 Å². The topological polar surface area (TPSA) is 66.9 Å². The Morgan fingerprint density at radius 1 is 0.966 bits per heavy atom. The smallest absolute Gasteiger partial charge is 0.221 e. The molecule has 2 heterocycles. The van der Waals surface area contributed by atoms with Crippen LogP contribution >= 0.6 is 11.3 Å². The van der Waals surface area contributed by atoms with Crippen molar-refractivity contribution in [2.45, 2.75) is 26.7 Å². The van der Waals surface area contributed by atoms with Crippen molar-refractivity contribution in [3.8, 4) is 11.1 Å². The molecule has 5 nitrogen and oxygen atoms in total. The zero-order valence-electron chi connectivity index (χ0n) is 16.6. The first kappa shape index (κ1) is 19.1. The molecule has 146 valence electrons. The van der Waals surface area contributed by atoms with Crippen molar-refractivity contribution in [3.63, 3.8) is 0 Å². The van der Waals surface area contributed by atoms with Crippen LogP contribution in [0.2, 0.25) is 0 Å². The lowest BCUT2D eigenvalue weighted by Crippen LogP contribution is -2.05. The third-order valence-corrected chi connectivity index (χ3v) is 5.61. The van der Waals surface area contributed by atoms with Gasteiger partial charge >= 0.3 is 0 Å². The lowest BCUT2D eigenvalue weighted by molar-refractivity contribution is -0.114. The molecule has 0 aliphatic rings. The van der Waals surface area contributed by atoms with Gasteiger partial charge in [-0.05, 0) is 41.3 Å². The zero-order valence-corrected chi connectivity index (χ0v) is 17.4. The van der Waals surface area contributed by atoms with E-state index in [2.05, 4.69) is 64.1 Å². The predicted octanol–water partition coefficient (Wildman–Crippen LogP) is 6.18. The highest BCUT2D eigenvalue weighted by atomic mass is 32.1. The average Bonchev–Trinajstić information content (AvgIpc) is 3.14. The molecule has 4 aromatic rings. The summed E-state index contributed by atoms with van der Waals surface area (Å²) in [5, 5.41) is 9.32. The lowest BCUT2D eigenvalue weighted by atomic mass is 9.99. The molecule has 0 atom stereocenters. The van der Waals surface area contributed by atoms with Gasteiger partial charge in [-0.1, -0.05) is 38.1 Å². The minimum atomic E-state index is -0.0883. The van der Waals surface area contributed by atoms with Gasteiger partial charge in [-0.15, -0.1) is 11.3 Å². The van der Waals surface area contributed by atoms with Crippen molar-refractivity contribution in [1.82, 2.24) is 9.97 Å². The number of fused-ring (bicyclic) bond motifs is 1. The fourth-order valence-electron chi connectivity index (χ4n) is 3.21. The van der Waals surface area contributed by atoms with Crippen LogP contribution in [-0.2, 0) is 4.79 Å². The molecule has 0 aliphatic carbocycles. The standard InChI is InChI=1S/C23H22N4OS/c1-14(2)16-4-6-17(7-5-16)20-12-29-23-21(20)22(24-13-25-23)27-19-10-8-18(9-11-19)26-15(3)28/h4-14H,1-3H3,(H,26,28)(H,24,25,27). The molecule has 1 amide bonds. The maximum atomic E-state index is 11.2. The molecule has 2 aromatic carbocycles. The van der Waals surface area contributed by atoms with Crippen LogP contribution in [-0.4, -0.2) is 15.9 Å². The number of anilines is 3. The summed E-state index contributed by atoms with van der Waals surface area (Å²) in [4.78, 5) is 21.1. The van der Waals surface area contributed by atoms with Gasteiger partial charge in [-0.3, -0.25) is 4.79 Å². The van der Waals surface area contributed by atoms with E-state index in [1.807, 2.05) is 24.3 Å². The second-order valence-corrected chi connectivity index (χ2v) is 8.07. The van der Waals surface area contributed by atoms with Crippen LogP contribution in [0.3, 0.4) is 0 Å². The van der Waals surface area contributed by atoms with Crippen LogP contribution in [0, 0.1) is 0 Å². The largest absolute Gasteiger partial charge is 0.340 e.